The van der Waals surface area contributed by atoms with Crippen molar-refractivity contribution in [2.24, 2.45) is 0 Å². The van der Waals surface area contributed by atoms with E-state index in [9.17, 15) is 12.8 Å². The van der Waals surface area contributed by atoms with E-state index in [2.05, 4.69) is 0 Å². The third-order valence-electron chi connectivity index (χ3n) is 2.08. The summed E-state index contributed by atoms with van der Waals surface area (Å²) >= 11 is 5.65. The van der Waals surface area contributed by atoms with Gasteiger partial charge in [0.15, 0.2) is 0 Å². The fraction of sp³-hybridized carbons (Fsp3) is 0.455. The number of sulfone groups is 1. The van der Waals surface area contributed by atoms with Crippen molar-refractivity contribution in [2.45, 2.75) is 12.3 Å². The van der Waals surface area contributed by atoms with E-state index >= 15 is 0 Å². The topological polar surface area (TPSA) is 43.4 Å². The van der Waals surface area contributed by atoms with Crippen LogP contribution in [0.2, 0.25) is 0 Å². The van der Waals surface area contributed by atoms with E-state index in [0.717, 1.165) is 0 Å². The molecular formula is C11H14ClFO3S. The molecule has 0 N–H and O–H groups in total. The van der Waals surface area contributed by atoms with Crippen molar-refractivity contribution in [3.8, 4) is 5.75 Å². The number of hydrogen-bond donors (Lipinski definition) is 0. The van der Waals surface area contributed by atoms with Gasteiger partial charge in [-0.3, -0.25) is 0 Å². The summed E-state index contributed by atoms with van der Waals surface area (Å²) in [5.74, 6) is 0.350. The largest absolute Gasteiger partial charge is 0.493 e. The van der Waals surface area contributed by atoms with Crippen molar-refractivity contribution >= 4 is 21.4 Å². The van der Waals surface area contributed by atoms with E-state index in [-0.39, 0.29) is 24.1 Å². The van der Waals surface area contributed by atoms with E-state index < -0.39 is 9.84 Å². The van der Waals surface area contributed by atoms with Gasteiger partial charge in [-0.05, 0) is 24.6 Å². The van der Waals surface area contributed by atoms with Crippen LogP contribution in [-0.4, -0.2) is 27.0 Å². The number of ether oxygens (including phenoxy) is 1. The fourth-order valence-electron chi connectivity index (χ4n) is 1.30. The minimum absolute atomic E-state index is 0.0738. The third-order valence-corrected chi connectivity index (χ3v) is 3.40. The molecule has 0 radical (unpaired) electrons. The Morgan fingerprint density at radius 2 is 2.12 bits per heavy atom. The third kappa shape index (κ3) is 5.37. The first-order valence-corrected chi connectivity index (χ1v) is 7.67. The Hall–Kier alpha value is -0.810. The summed E-state index contributed by atoms with van der Waals surface area (Å²) in [7, 11) is -2.97. The second-order valence-electron chi connectivity index (χ2n) is 3.72. The molecule has 0 aliphatic carbocycles. The van der Waals surface area contributed by atoms with Crippen molar-refractivity contribution in [1.82, 2.24) is 0 Å². The Kier molecular flexibility index (Phi) is 5.21. The van der Waals surface area contributed by atoms with Crippen molar-refractivity contribution in [3.05, 3.63) is 29.6 Å². The van der Waals surface area contributed by atoms with E-state index in [1.807, 2.05) is 0 Å². The highest BCUT2D eigenvalue weighted by molar-refractivity contribution is 7.90. The Bertz CT molecular complexity index is 474. The zero-order valence-corrected chi connectivity index (χ0v) is 11.0. The van der Waals surface area contributed by atoms with Crippen LogP contribution in [0.4, 0.5) is 4.39 Å². The van der Waals surface area contributed by atoms with Crippen molar-refractivity contribution in [1.29, 1.82) is 0 Å². The minimum Gasteiger partial charge on any atom is -0.493 e. The first-order chi connectivity index (χ1) is 7.92. The normalized spacial score (nSPS) is 11.5. The molecule has 0 saturated carbocycles. The summed E-state index contributed by atoms with van der Waals surface area (Å²) < 4.78 is 40.0. The molecule has 1 aromatic carbocycles. The molecule has 96 valence electrons. The monoisotopic (exact) mass is 280 g/mol. The molecule has 3 nitrogen and oxygen atoms in total. The Morgan fingerprint density at radius 1 is 1.41 bits per heavy atom. The lowest BCUT2D eigenvalue weighted by molar-refractivity contribution is 0.315. The molecule has 0 amide bonds. The second kappa shape index (κ2) is 6.21. The van der Waals surface area contributed by atoms with Gasteiger partial charge in [-0.1, -0.05) is 0 Å². The van der Waals surface area contributed by atoms with E-state index in [0.29, 0.717) is 17.7 Å². The van der Waals surface area contributed by atoms with Crippen molar-refractivity contribution in [3.63, 3.8) is 0 Å². The average molecular weight is 281 g/mol. The van der Waals surface area contributed by atoms with Crippen LogP contribution < -0.4 is 4.74 Å². The predicted octanol–water partition coefficient (Wildman–Crippen LogP) is 2.38. The summed E-state index contributed by atoms with van der Waals surface area (Å²) in [5.41, 5.74) is 0.561. The van der Waals surface area contributed by atoms with Gasteiger partial charge in [0.1, 0.15) is 21.4 Å². The highest BCUT2D eigenvalue weighted by atomic mass is 35.5. The van der Waals surface area contributed by atoms with Crippen molar-refractivity contribution in [2.75, 3.05) is 18.6 Å². The summed E-state index contributed by atoms with van der Waals surface area (Å²) in [6, 6.07) is 4.08. The quantitative estimate of drug-likeness (QED) is 0.593. The number of rotatable bonds is 6. The molecule has 0 unspecified atom stereocenters. The number of halogens is 2. The number of benzene rings is 1. The summed E-state index contributed by atoms with van der Waals surface area (Å²) in [5, 5.41) is 0. The van der Waals surface area contributed by atoms with Gasteiger partial charge in [0.2, 0.25) is 0 Å². The van der Waals surface area contributed by atoms with Crippen LogP contribution >= 0.6 is 11.6 Å². The molecule has 0 spiro atoms. The molecule has 17 heavy (non-hydrogen) atoms. The summed E-state index contributed by atoms with van der Waals surface area (Å²) in [4.78, 5) is 0. The predicted molar refractivity (Wildman–Crippen MR) is 65.8 cm³/mol. The first kappa shape index (κ1) is 14.3. The highest BCUT2D eigenvalue weighted by Crippen LogP contribution is 2.21. The number of alkyl halides is 1. The van der Waals surface area contributed by atoms with Gasteiger partial charge in [-0.25, -0.2) is 12.8 Å². The van der Waals surface area contributed by atoms with Crippen LogP contribution in [0.15, 0.2) is 18.2 Å². The lowest BCUT2D eigenvalue weighted by Crippen LogP contribution is -2.08. The molecule has 0 aliphatic rings. The van der Waals surface area contributed by atoms with Gasteiger partial charge < -0.3 is 4.74 Å². The molecule has 0 bridgehead atoms. The Morgan fingerprint density at radius 3 is 2.71 bits per heavy atom. The SMILES string of the molecule is CS(=O)(=O)CCCOc1ccc(F)cc1CCl. The molecule has 1 aromatic rings. The van der Waals surface area contributed by atoms with Crippen LogP contribution in [0.3, 0.4) is 0 Å². The number of hydrogen-bond acceptors (Lipinski definition) is 3. The maximum Gasteiger partial charge on any atom is 0.147 e. The lowest BCUT2D eigenvalue weighted by atomic mass is 10.2. The molecule has 0 aromatic heterocycles. The van der Waals surface area contributed by atoms with E-state index in [4.69, 9.17) is 16.3 Å². The van der Waals surface area contributed by atoms with Crippen LogP contribution in [-0.2, 0) is 15.7 Å². The molecule has 6 heteroatoms. The van der Waals surface area contributed by atoms with Gasteiger partial charge >= 0.3 is 0 Å². The minimum atomic E-state index is -2.97. The lowest BCUT2D eigenvalue weighted by Gasteiger charge is -2.09. The molecule has 1 rings (SSSR count). The molecular weight excluding hydrogens is 267 g/mol. The maximum absolute atomic E-state index is 12.9. The van der Waals surface area contributed by atoms with Gasteiger partial charge in [-0.15, -0.1) is 11.6 Å². The average Bonchev–Trinajstić information content (AvgIpc) is 2.24. The van der Waals surface area contributed by atoms with Crippen LogP contribution in [0.25, 0.3) is 0 Å². The standard InChI is InChI=1S/C11H14ClFO3S/c1-17(14,15)6-2-5-16-11-4-3-10(13)7-9(11)8-12/h3-4,7H,2,5-6,8H2,1H3. The molecule has 0 saturated heterocycles. The first-order valence-electron chi connectivity index (χ1n) is 5.07. The molecule has 0 heterocycles. The van der Waals surface area contributed by atoms with E-state index in [1.165, 1.54) is 24.5 Å². The zero-order valence-electron chi connectivity index (χ0n) is 9.45. The fourth-order valence-corrected chi connectivity index (χ4v) is 2.15. The summed E-state index contributed by atoms with van der Waals surface area (Å²) in [6.45, 7) is 0.266. The van der Waals surface area contributed by atoms with Gasteiger partial charge in [-0.2, -0.15) is 0 Å². The summed E-state index contributed by atoms with van der Waals surface area (Å²) in [6.07, 6.45) is 1.58. The Labute approximate surface area is 105 Å². The van der Waals surface area contributed by atoms with Crippen LogP contribution in [0.5, 0.6) is 5.75 Å². The maximum atomic E-state index is 12.9. The van der Waals surface area contributed by atoms with Gasteiger partial charge in [0.25, 0.3) is 0 Å². The molecule has 0 atom stereocenters. The van der Waals surface area contributed by atoms with Gasteiger partial charge in [0.05, 0.1) is 18.2 Å². The smallest absolute Gasteiger partial charge is 0.147 e. The zero-order chi connectivity index (χ0) is 12.9. The second-order valence-corrected chi connectivity index (χ2v) is 6.24. The Balaban J connectivity index is 2.52. The molecule has 0 aliphatic heterocycles. The van der Waals surface area contributed by atoms with Gasteiger partial charge in [0, 0.05) is 11.8 Å². The molecule has 0 fully saturated rings. The van der Waals surface area contributed by atoms with Crippen molar-refractivity contribution < 1.29 is 17.5 Å². The van der Waals surface area contributed by atoms with Crippen LogP contribution in [0.1, 0.15) is 12.0 Å². The van der Waals surface area contributed by atoms with E-state index in [1.54, 1.807) is 0 Å². The van der Waals surface area contributed by atoms with Crippen LogP contribution in [0, 0.1) is 5.82 Å². The highest BCUT2D eigenvalue weighted by Gasteiger charge is 2.06.